The molecule has 1 N–H and O–H groups in total. The summed E-state index contributed by atoms with van der Waals surface area (Å²) in [6.07, 6.45) is 1.99. The molecule has 0 atom stereocenters. The van der Waals surface area contributed by atoms with Crippen LogP contribution in [0.15, 0.2) is 28.9 Å². The molecule has 74 valence electrons. The van der Waals surface area contributed by atoms with E-state index in [1.165, 1.54) is 16.5 Å². The minimum Gasteiger partial charge on any atom is -0.361 e. The standard InChI is InChI=1S/C12H14BrN/c1-12(2,3)10-7-9(13)6-8-4-5-14-11(8)10/h4-7,14H,1-3H3. The van der Waals surface area contributed by atoms with E-state index in [0.29, 0.717) is 0 Å². The van der Waals surface area contributed by atoms with Crippen LogP contribution in [0.4, 0.5) is 0 Å². The average molecular weight is 252 g/mol. The van der Waals surface area contributed by atoms with Gasteiger partial charge in [0.05, 0.1) is 0 Å². The zero-order chi connectivity index (χ0) is 10.3. The van der Waals surface area contributed by atoms with E-state index in [4.69, 9.17) is 0 Å². The van der Waals surface area contributed by atoms with Gasteiger partial charge in [-0.3, -0.25) is 0 Å². The highest BCUT2D eigenvalue weighted by molar-refractivity contribution is 9.10. The lowest BCUT2D eigenvalue weighted by atomic mass is 9.86. The monoisotopic (exact) mass is 251 g/mol. The van der Waals surface area contributed by atoms with E-state index < -0.39 is 0 Å². The molecule has 1 heterocycles. The minimum absolute atomic E-state index is 0.173. The van der Waals surface area contributed by atoms with Gasteiger partial charge >= 0.3 is 0 Å². The minimum atomic E-state index is 0.173. The van der Waals surface area contributed by atoms with Crippen molar-refractivity contribution in [2.24, 2.45) is 0 Å². The molecule has 2 aromatic rings. The number of aromatic nitrogens is 1. The summed E-state index contributed by atoms with van der Waals surface area (Å²) >= 11 is 3.55. The highest BCUT2D eigenvalue weighted by Crippen LogP contribution is 2.31. The van der Waals surface area contributed by atoms with Crippen molar-refractivity contribution in [1.82, 2.24) is 4.98 Å². The lowest BCUT2D eigenvalue weighted by Crippen LogP contribution is -2.11. The Morgan fingerprint density at radius 3 is 2.57 bits per heavy atom. The van der Waals surface area contributed by atoms with Gasteiger partial charge in [-0.15, -0.1) is 0 Å². The number of halogens is 1. The summed E-state index contributed by atoms with van der Waals surface area (Å²) in [6, 6.07) is 6.44. The third-order valence-electron chi connectivity index (χ3n) is 2.43. The normalized spacial score (nSPS) is 12.3. The third-order valence-corrected chi connectivity index (χ3v) is 2.89. The smallest absolute Gasteiger partial charge is 0.0492 e. The number of hydrogen-bond donors (Lipinski definition) is 1. The van der Waals surface area contributed by atoms with E-state index >= 15 is 0 Å². The van der Waals surface area contributed by atoms with Crippen molar-refractivity contribution < 1.29 is 0 Å². The maximum absolute atomic E-state index is 3.55. The van der Waals surface area contributed by atoms with Gasteiger partial charge in [-0.2, -0.15) is 0 Å². The molecule has 0 spiro atoms. The van der Waals surface area contributed by atoms with Crippen LogP contribution in [0.5, 0.6) is 0 Å². The molecule has 14 heavy (non-hydrogen) atoms. The summed E-state index contributed by atoms with van der Waals surface area (Å²) in [5.74, 6) is 0. The molecule has 0 aliphatic heterocycles. The lowest BCUT2D eigenvalue weighted by molar-refractivity contribution is 0.594. The molecule has 0 aliphatic rings. The molecular formula is C12H14BrN. The first-order chi connectivity index (χ1) is 6.48. The van der Waals surface area contributed by atoms with Crippen molar-refractivity contribution in [3.63, 3.8) is 0 Å². The van der Waals surface area contributed by atoms with Crippen LogP contribution in [0.2, 0.25) is 0 Å². The first kappa shape index (κ1) is 9.78. The number of H-pyrrole nitrogens is 1. The molecule has 0 unspecified atom stereocenters. The zero-order valence-corrected chi connectivity index (χ0v) is 10.3. The van der Waals surface area contributed by atoms with Crippen molar-refractivity contribution in [3.05, 3.63) is 34.4 Å². The molecule has 0 amide bonds. The van der Waals surface area contributed by atoms with Gasteiger partial charge in [-0.05, 0) is 29.2 Å². The topological polar surface area (TPSA) is 15.8 Å². The van der Waals surface area contributed by atoms with Gasteiger partial charge in [0.25, 0.3) is 0 Å². The van der Waals surface area contributed by atoms with Crippen LogP contribution in [-0.4, -0.2) is 4.98 Å². The molecule has 1 aromatic heterocycles. The number of rotatable bonds is 0. The van der Waals surface area contributed by atoms with Gasteiger partial charge in [0.2, 0.25) is 0 Å². The first-order valence-corrected chi connectivity index (χ1v) is 5.55. The number of benzene rings is 1. The average Bonchev–Trinajstić information content (AvgIpc) is 2.47. The second-order valence-corrected chi connectivity index (χ2v) is 5.56. The molecule has 1 nitrogen and oxygen atoms in total. The molecule has 2 heteroatoms. The van der Waals surface area contributed by atoms with Gasteiger partial charge in [0, 0.05) is 21.6 Å². The van der Waals surface area contributed by atoms with Gasteiger partial charge in [0.1, 0.15) is 0 Å². The van der Waals surface area contributed by atoms with Crippen LogP contribution < -0.4 is 0 Å². The molecule has 0 saturated carbocycles. The lowest BCUT2D eigenvalue weighted by Gasteiger charge is -2.20. The van der Waals surface area contributed by atoms with E-state index in [1.54, 1.807) is 0 Å². The third kappa shape index (κ3) is 1.59. The summed E-state index contributed by atoms with van der Waals surface area (Å²) in [5, 5.41) is 1.27. The Kier molecular flexibility index (Phi) is 2.18. The maximum Gasteiger partial charge on any atom is 0.0492 e. The second-order valence-electron chi connectivity index (χ2n) is 4.65. The van der Waals surface area contributed by atoms with Crippen molar-refractivity contribution >= 4 is 26.8 Å². The van der Waals surface area contributed by atoms with Crippen LogP contribution in [0, 0.1) is 0 Å². The SMILES string of the molecule is CC(C)(C)c1cc(Br)cc2cc[nH]c12. The Balaban J connectivity index is 2.80. The summed E-state index contributed by atoms with van der Waals surface area (Å²) in [4.78, 5) is 3.30. The largest absolute Gasteiger partial charge is 0.361 e. The summed E-state index contributed by atoms with van der Waals surface area (Å²) in [5.41, 5.74) is 2.78. The quantitative estimate of drug-likeness (QED) is 0.722. The zero-order valence-electron chi connectivity index (χ0n) is 8.69. The van der Waals surface area contributed by atoms with E-state index in [-0.39, 0.29) is 5.41 Å². The van der Waals surface area contributed by atoms with Crippen LogP contribution >= 0.6 is 15.9 Å². The summed E-state index contributed by atoms with van der Waals surface area (Å²) < 4.78 is 1.15. The van der Waals surface area contributed by atoms with E-state index in [2.05, 4.69) is 59.9 Å². The van der Waals surface area contributed by atoms with E-state index in [9.17, 15) is 0 Å². The number of fused-ring (bicyclic) bond motifs is 1. The van der Waals surface area contributed by atoms with E-state index in [1.807, 2.05) is 6.20 Å². The second kappa shape index (κ2) is 3.13. The van der Waals surface area contributed by atoms with Gasteiger partial charge < -0.3 is 4.98 Å². The van der Waals surface area contributed by atoms with Crippen molar-refractivity contribution in [2.45, 2.75) is 26.2 Å². The first-order valence-electron chi connectivity index (χ1n) is 4.75. The fraction of sp³-hybridized carbons (Fsp3) is 0.333. The Labute approximate surface area is 92.6 Å². The van der Waals surface area contributed by atoms with Gasteiger partial charge in [-0.1, -0.05) is 36.7 Å². The van der Waals surface area contributed by atoms with Crippen LogP contribution in [0.25, 0.3) is 10.9 Å². The fourth-order valence-corrected chi connectivity index (χ4v) is 2.20. The summed E-state index contributed by atoms with van der Waals surface area (Å²) in [7, 11) is 0. The number of nitrogens with one attached hydrogen (secondary N) is 1. The molecule has 1 aromatic carbocycles. The number of hydrogen-bond acceptors (Lipinski definition) is 0. The molecular weight excluding hydrogens is 238 g/mol. The van der Waals surface area contributed by atoms with Crippen LogP contribution in [0.3, 0.4) is 0 Å². The molecule has 0 bridgehead atoms. The number of aromatic amines is 1. The van der Waals surface area contributed by atoms with Crippen LogP contribution in [0.1, 0.15) is 26.3 Å². The molecule has 0 aliphatic carbocycles. The predicted octanol–water partition coefficient (Wildman–Crippen LogP) is 4.23. The fourth-order valence-electron chi connectivity index (χ4n) is 1.73. The van der Waals surface area contributed by atoms with Crippen molar-refractivity contribution in [3.8, 4) is 0 Å². The van der Waals surface area contributed by atoms with Crippen molar-refractivity contribution in [2.75, 3.05) is 0 Å². The highest BCUT2D eigenvalue weighted by atomic mass is 79.9. The molecule has 2 rings (SSSR count). The van der Waals surface area contributed by atoms with Crippen molar-refractivity contribution in [1.29, 1.82) is 0 Å². The predicted molar refractivity (Wildman–Crippen MR) is 64.7 cm³/mol. The molecule has 0 saturated heterocycles. The Morgan fingerprint density at radius 1 is 1.21 bits per heavy atom. The Bertz CT molecular complexity index is 463. The highest BCUT2D eigenvalue weighted by Gasteiger charge is 2.17. The maximum atomic E-state index is 3.55. The molecule has 0 radical (unpaired) electrons. The Hall–Kier alpha value is -0.760. The van der Waals surface area contributed by atoms with Gasteiger partial charge in [-0.25, -0.2) is 0 Å². The van der Waals surface area contributed by atoms with E-state index in [0.717, 1.165) is 4.47 Å². The van der Waals surface area contributed by atoms with Crippen LogP contribution in [-0.2, 0) is 5.41 Å². The van der Waals surface area contributed by atoms with Gasteiger partial charge in [0.15, 0.2) is 0 Å². The molecule has 0 fully saturated rings. The summed E-state index contributed by atoms with van der Waals surface area (Å²) in [6.45, 7) is 6.69. The Morgan fingerprint density at radius 2 is 1.93 bits per heavy atom.